The minimum Gasteiger partial charge on any atom is -0.383 e. The molecule has 1 saturated carbocycles. The largest absolute Gasteiger partial charge is 0.383 e. The number of methoxy groups -OCH3 is 1. The average molecular weight is 391 g/mol. The Labute approximate surface area is 169 Å². The summed E-state index contributed by atoms with van der Waals surface area (Å²) in [5.41, 5.74) is 1.95. The molecule has 0 radical (unpaired) electrons. The highest BCUT2D eigenvalue weighted by molar-refractivity contribution is 5.77. The van der Waals surface area contributed by atoms with Crippen LogP contribution in [0.5, 0.6) is 0 Å². The minimum atomic E-state index is -0.0177. The number of para-hydroxylation sites is 1. The third-order valence-corrected chi connectivity index (χ3v) is 5.92. The highest BCUT2D eigenvalue weighted by Gasteiger charge is 2.32. The fraction of sp³-hybridized carbons (Fsp3) is 0.455. The van der Waals surface area contributed by atoms with Gasteiger partial charge in [0.05, 0.1) is 30.1 Å². The Morgan fingerprint density at radius 3 is 2.69 bits per heavy atom. The van der Waals surface area contributed by atoms with E-state index in [1.807, 2.05) is 36.7 Å². The summed E-state index contributed by atoms with van der Waals surface area (Å²) in [5.74, 6) is 2.13. The van der Waals surface area contributed by atoms with Gasteiger partial charge in [0.1, 0.15) is 5.82 Å². The van der Waals surface area contributed by atoms with E-state index in [1.54, 1.807) is 11.7 Å². The van der Waals surface area contributed by atoms with Gasteiger partial charge in [0, 0.05) is 26.0 Å². The number of rotatable bonds is 6. The van der Waals surface area contributed by atoms with Gasteiger partial charge >= 0.3 is 0 Å². The zero-order chi connectivity index (χ0) is 19.8. The third-order valence-electron chi connectivity index (χ3n) is 5.92. The van der Waals surface area contributed by atoms with Crippen LogP contribution >= 0.6 is 0 Å². The second-order valence-corrected chi connectivity index (χ2v) is 7.88. The number of hydrogen-bond acceptors (Lipinski definition) is 6. The van der Waals surface area contributed by atoms with Crippen LogP contribution in [0.2, 0.25) is 0 Å². The summed E-state index contributed by atoms with van der Waals surface area (Å²) in [6, 6.07) is 7.52. The fourth-order valence-electron chi connectivity index (χ4n) is 4.22. The van der Waals surface area contributed by atoms with Crippen LogP contribution in [0.3, 0.4) is 0 Å². The summed E-state index contributed by atoms with van der Waals surface area (Å²) < 4.78 is 7.03. The normalized spacial score (nSPS) is 19.2. The van der Waals surface area contributed by atoms with E-state index in [0.717, 1.165) is 36.7 Å². The van der Waals surface area contributed by atoms with Gasteiger partial charge in [-0.2, -0.15) is 0 Å². The Morgan fingerprint density at radius 1 is 1.14 bits per heavy atom. The van der Waals surface area contributed by atoms with Crippen LogP contribution < -0.4 is 10.5 Å². The lowest BCUT2D eigenvalue weighted by molar-refractivity contribution is 0.184. The van der Waals surface area contributed by atoms with E-state index >= 15 is 0 Å². The summed E-state index contributed by atoms with van der Waals surface area (Å²) in [7, 11) is 1.65. The molecule has 7 nitrogen and oxygen atoms in total. The molecular weight excluding hydrogens is 366 g/mol. The SMILES string of the molecule is COCCn1c(C2CCCN2c2ncc(C3CC3)cn2)nc2ccccc2c1=O. The topological polar surface area (TPSA) is 73.1 Å². The first-order valence-corrected chi connectivity index (χ1v) is 10.3. The molecule has 1 aliphatic carbocycles. The van der Waals surface area contributed by atoms with Crippen molar-refractivity contribution in [2.24, 2.45) is 0 Å². The lowest BCUT2D eigenvalue weighted by atomic mass is 10.1. The number of anilines is 1. The predicted octanol–water partition coefficient (Wildman–Crippen LogP) is 3.05. The Kier molecular flexibility index (Phi) is 4.75. The number of nitrogens with zero attached hydrogens (tertiary/aromatic N) is 5. The van der Waals surface area contributed by atoms with E-state index in [2.05, 4.69) is 14.9 Å². The monoisotopic (exact) mass is 391 g/mol. The molecule has 1 atom stereocenters. The van der Waals surface area contributed by atoms with Crippen molar-refractivity contribution in [1.29, 1.82) is 0 Å². The minimum absolute atomic E-state index is 0.0144. The zero-order valence-corrected chi connectivity index (χ0v) is 16.6. The standard InChI is InChI=1S/C22H25N5O2/c1-29-12-11-27-20(25-18-6-3-2-5-17(18)21(27)28)19-7-4-10-26(19)22-23-13-16(14-24-22)15-8-9-15/h2-3,5-6,13-15,19H,4,7-12H2,1H3. The Bertz CT molecular complexity index is 1070. The zero-order valence-electron chi connectivity index (χ0n) is 16.6. The molecule has 0 N–H and O–H groups in total. The van der Waals surface area contributed by atoms with Gasteiger partial charge in [0.15, 0.2) is 0 Å². The molecular formula is C22H25N5O2. The van der Waals surface area contributed by atoms with Crippen LogP contribution in [0, 0.1) is 0 Å². The summed E-state index contributed by atoms with van der Waals surface area (Å²) in [4.78, 5) is 29.6. The van der Waals surface area contributed by atoms with Crippen molar-refractivity contribution in [3.8, 4) is 0 Å². The third kappa shape index (κ3) is 3.40. The van der Waals surface area contributed by atoms with E-state index in [9.17, 15) is 4.79 Å². The van der Waals surface area contributed by atoms with Crippen molar-refractivity contribution in [2.45, 2.75) is 44.2 Å². The van der Waals surface area contributed by atoms with Gasteiger partial charge in [0.2, 0.25) is 5.95 Å². The van der Waals surface area contributed by atoms with Crippen LogP contribution in [-0.2, 0) is 11.3 Å². The molecule has 0 bridgehead atoms. The van der Waals surface area contributed by atoms with Gasteiger partial charge in [-0.1, -0.05) is 12.1 Å². The molecule has 0 spiro atoms. The molecule has 1 aliphatic heterocycles. The maximum absolute atomic E-state index is 13.2. The lowest BCUT2D eigenvalue weighted by Gasteiger charge is -2.26. The second-order valence-electron chi connectivity index (χ2n) is 7.88. The molecule has 29 heavy (non-hydrogen) atoms. The summed E-state index contributed by atoms with van der Waals surface area (Å²) in [6.07, 6.45) is 8.34. The van der Waals surface area contributed by atoms with Crippen molar-refractivity contribution in [2.75, 3.05) is 25.2 Å². The second kappa shape index (κ2) is 7.55. The van der Waals surface area contributed by atoms with Crippen molar-refractivity contribution < 1.29 is 4.74 Å². The van der Waals surface area contributed by atoms with Gasteiger partial charge in [-0.3, -0.25) is 9.36 Å². The quantitative estimate of drug-likeness (QED) is 0.643. The maximum atomic E-state index is 13.2. The molecule has 3 heterocycles. The van der Waals surface area contributed by atoms with E-state index in [1.165, 1.54) is 18.4 Å². The van der Waals surface area contributed by atoms with E-state index < -0.39 is 0 Å². The Balaban J connectivity index is 1.56. The molecule has 1 saturated heterocycles. The first kappa shape index (κ1) is 18.2. The van der Waals surface area contributed by atoms with Crippen LogP contribution in [-0.4, -0.2) is 39.8 Å². The molecule has 5 rings (SSSR count). The highest BCUT2D eigenvalue weighted by atomic mass is 16.5. The first-order valence-electron chi connectivity index (χ1n) is 10.3. The molecule has 2 fully saturated rings. The molecule has 3 aromatic rings. The van der Waals surface area contributed by atoms with Crippen LogP contribution in [0.25, 0.3) is 10.9 Å². The molecule has 2 aliphatic rings. The highest BCUT2D eigenvalue weighted by Crippen LogP contribution is 2.40. The predicted molar refractivity (Wildman–Crippen MR) is 111 cm³/mol. The van der Waals surface area contributed by atoms with E-state index in [-0.39, 0.29) is 11.6 Å². The average Bonchev–Trinajstić information content (AvgIpc) is 3.50. The molecule has 1 unspecified atom stereocenters. The maximum Gasteiger partial charge on any atom is 0.261 e. The first-order chi connectivity index (χ1) is 14.3. The number of ether oxygens (including phenoxy) is 1. The van der Waals surface area contributed by atoms with Crippen LogP contribution in [0.4, 0.5) is 5.95 Å². The van der Waals surface area contributed by atoms with Gasteiger partial charge in [-0.25, -0.2) is 15.0 Å². The Morgan fingerprint density at radius 2 is 1.93 bits per heavy atom. The van der Waals surface area contributed by atoms with Crippen LogP contribution in [0.1, 0.15) is 49.0 Å². The molecule has 1 aromatic carbocycles. The molecule has 7 heteroatoms. The van der Waals surface area contributed by atoms with Crippen molar-refractivity contribution in [1.82, 2.24) is 19.5 Å². The number of aromatic nitrogens is 4. The summed E-state index contributed by atoms with van der Waals surface area (Å²) in [6.45, 7) is 1.81. The number of benzene rings is 1. The van der Waals surface area contributed by atoms with E-state index in [0.29, 0.717) is 24.5 Å². The summed E-state index contributed by atoms with van der Waals surface area (Å²) >= 11 is 0. The van der Waals surface area contributed by atoms with Crippen molar-refractivity contribution in [3.05, 3.63) is 58.4 Å². The van der Waals surface area contributed by atoms with Gasteiger partial charge < -0.3 is 9.64 Å². The Hall–Kier alpha value is -2.80. The summed E-state index contributed by atoms with van der Waals surface area (Å²) in [5, 5.41) is 0.641. The number of fused-ring (bicyclic) bond motifs is 1. The molecule has 2 aromatic heterocycles. The van der Waals surface area contributed by atoms with Crippen molar-refractivity contribution >= 4 is 16.9 Å². The number of hydrogen-bond donors (Lipinski definition) is 0. The smallest absolute Gasteiger partial charge is 0.261 e. The van der Waals surface area contributed by atoms with Crippen LogP contribution in [0.15, 0.2) is 41.5 Å². The van der Waals surface area contributed by atoms with Gasteiger partial charge in [0.25, 0.3) is 5.56 Å². The van der Waals surface area contributed by atoms with Crippen molar-refractivity contribution in [3.63, 3.8) is 0 Å². The van der Waals surface area contributed by atoms with Gasteiger partial charge in [-0.05, 0) is 49.3 Å². The fourth-order valence-corrected chi connectivity index (χ4v) is 4.22. The van der Waals surface area contributed by atoms with E-state index in [4.69, 9.17) is 9.72 Å². The van der Waals surface area contributed by atoms with Gasteiger partial charge in [-0.15, -0.1) is 0 Å². The lowest BCUT2D eigenvalue weighted by Crippen LogP contribution is -2.33. The molecule has 150 valence electrons. The molecule has 0 amide bonds.